The second-order valence-corrected chi connectivity index (χ2v) is 4.32. The number of aromatic nitrogens is 1. The van der Waals surface area contributed by atoms with E-state index >= 15 is 0 Å². The molecule has 0 saturated carbocycles. The molecule has 5 heteroatoms. The minimum Gasteiger partial charge on any atom is -0.466 e. The summed E-state index contributed by atoms with van der Waals surface area (Å²) in [6, 6.07) is 2.00. The van der Waals surface area contributed by atoms with Crippen molar-refractivity contribution in [2.24, 2.45) is 0 Å². The van der Waals surface area contributed by atoms with Gasteiger partial charge in [-0.1, -0.05) is 0 Å². The zero-order chi connectivity index (χ0) is 14.4. The van der Waals surface area contributed by atoms with Crippen LogP contribution in [0.2, 0.25) is 0 Å². The zero-order valence-corrected chi connectivity index (χ0v) is 11.8. The molecule has 0 bridgehead atoms. The molecule has 0 unspecified atom stereocenters. The molecule has 1 heterocycles. The van der Waals surface area contributed by atoms with Gasteiger partial charge in [-0.3, -0.25) is 4.79 Å². The van der Waals surface area contributed by atoms with Gasteiger partial charge < -0.3 is 14.6 Å². The molecule has 0 radical (unpaired) electrons. The number of carbonyl (C=O) groups excluding carboxylic acids is 2. The summed E-state index contributed by atoms with van der Waals surface area (Å²) in [7, 11) is 1.35. The van der Waals surface area contributed by atoms with Crippen molar-refractivity contribution in [2.45, 2.75) is 27.3 Å². The summed E-state index contributed by atoms with van der Waals surface area (Å²) in [4.78, 5) is 21.9. The van der Waals surface area contributed by atoms with Crippen molar-refractivity contribution >= 4 is 18.0 Å². The van der Waals surface area contributed by atoms with Crippen molar-refractivity contribution in [3.05, 3.63) is 29.1 Å². The van der Waals surface area contributed by atoms with E-state index in [2.05, 4.69) is 14.6 Å². The summed E-state index contributed by atoms with van der Waals surface area (Å²) >= 11 is 0. The van der Waals surface area contributed by atoms with Gasteiger partial charge in [0.2, 0.25) is 5.91 Å². The summed E-state index contributed by atoms with van der Waals surface area (Å²) in [5.74, 6) is -0.406. The summed E-state index contributed by atoms with van der Waals surface area (Å²) in [5.41, 5.74) is 3.13. The first-order valence-electron chi connectivity index (χ1n) is 6.13. The summed E-state index contributed by atoms with van der Waals surface area (Å²) < 4.78 is 6.66. The topological polar surface area (TPSA) is 60.3 Å². The van der Waals surface area contributed by atoms with Crippen LogP contribution in [0.25, 0.3) is 6.08 Å². The molecule has 1 aromatic rings. The molecule has 0 aliphatic rings. The molecule has 0 aliphatic heterocycles. The first-order valence-corrected chi connectivity index (χ1v) is 6.13. The smallest absolute Gasteiger partial charge is 0.330 e. The lowest BCUT2D eigenvalue weighted by atomic mass is 10.2. The van der Waals surface area contributed by atoms with Gasteiger partial charge in [-0.05, 0) is 31.6 Å². The molecule has 1 N–H and O–H groups in total. The highest BCUT2D eigenvalue weighted by Crippen LogP contribution is 2.16. The molecule has 19 heavy (non-hydrogen) atoms. The highest BCUT2D eigenvalue weighted by Gasteiger charge is 2.07. The predicted octanol–water partition coefficient (Wildman–Crippen LogP) is 1.43. The van der Waals surface area contributed by atoms with E-state index in [1.165, 1.54) is 20.1 Å². The van der Waals surface area contributed by atoms with Gasteiger partial charge in [0, 0.05) is 37.5 Å². The maximum absolute atomic E-state index is 11.1. The molecular formula is C14H20N2O3. The Bertz CT molecular complexity index is 501. The fraction of sp³-hybridized carbons (Fsp3) is 0.429. The highest BCUT2D eigenvalue weighted by molar-refractivity contribution is 5.87. The average molecular weight is 264 g/mol. The summed E-state index contributed by atoms with van der Waals surface area (Å²) in [5, 5.41) is 2.77. The van der Waals surface area contributed by atoms with Crippen LogP contribution in [0, 0.1) is 13.8 Å². The molecule has 1 amide bonds. The van der Waals surface area contributed by atoms with E-state index in [1.807, 2.05) is 19.9 Å². The van der Waals surface area contributed by atoms with Crippen LogP contribution < -0.4 is 5.32 Å². The molecule has 0 spiro atoms. The van der Waals surface area contributed by atoms with Crippen LogP contribution in [0.5, 0.6) is 0 Å². The van der Waals surface area contributed by atoms with E-state index in [4.69, 9.17) is 0 Å². The Morgan fingerprint density at radius 2 is 2.11 bits per heavy atom. The van der Waals surface area contributed by atoms with Gasteiger partial charge in [0.1, 0.15) is 0 Å². The van der Waals surface area contributed by atoms with Crippen LogP contribution in [0.15, 0.2) is 12.1 Å². The van der Waals surface area contributed by atoms with Gasteiger partial charge in [-0.15, -0.1) is 0 Å². The van der Waals surface area contributed by atoms with Crippen molar-refractivity contribution in [1.82, 2.24) is 9.88 Å². The number of amides is 1. The Kier molecular flexibility index (Phi) is 5.36. The first kappa shape index (κ1) is 15.0. The van der Waals surface area contributed by atoms with Crippen molar-refractivity contribution in [2.75, 3.05) is 13.7 Å². The maximum Gasteiger partial charge on any atom is 0.330 e. The predicted molar refractivity (Wildman–Crippen MR) is 73.6 cm³/mol. The van der Waals surface area contributed by atoms with Crippen LogP contribution in [-0.4, -0.2) is 30.1 Å². The third-order valence-electron chi connectivity index (χ3n) is 2.92. The normalized spacial score (nSPS) is 10.7. The fourth-order valence-corrected chi connectivity index (χ4v) is 1.91. The molecule has 0 fully saturated rings. The third kappa shape index (κ3) is 4.28. The van der Waals surface area contributed by atoms with Crippen molar-refractivity contribution < 1.29 is 14.3 Å². The Hall–Kier alpha value is -2.04. The number of hydrogen-bond donors (Lipinski definition) is 1. The standard InChI is InChI=1S/C14H20N2O3/c1-10-9-13(5-6-14(18)19-4)11(2)16(10)8-7-15-12(3)17/h5-6,9H,7-8H2,1-4H3,(H,15,17)/b6-5+. The molecule has 1 rings (SSSR count). The Morgan fingerprint density at radius 1 is 1.42 bits per heavy atom. The van der Waals surface area contributed by atoms with E-state index < -0.39 is 0 Å². The van der Waals surface area contributed by atoms with E-state index in [0.29, 0.717) is 13.1 Å². The first-order chi connectivity index (χ1) is 8.95. The molecule has 1 aromatic heterocycles. The quantitative estimate of drug-likeness (QED) is 0.646. The van der Waals surface area contributed by atoms with Gasteiger partial charge >= 0.3 is 5.97 Å². The largest absolute Gasteiger partial charge is 0.466 e. The molecule has 104 valence electrons. The number of methoxy groups -OCH3 is 1. The second-order valence-electron chi connectivity index (χ2n) is 4.32. The number of rotatable bonds is 5. The fourth-order valence-electron chi connectivity index (χ4n) is 1.91. The van der Waals surface area contributed by atoms with Gasteiger partial charge in [0.05, 0.1) is 7.11 Å². The molecule has 5 nitrogen and oxygen atoms in total. The van der Waals surface area contributed by atoms with E-state index in [9.17, 15) is 9.59 Å². The SMILES string of the molecule is COC(=O)/C=C/c1cc(C)n(CCNC(C)=O)c1C. The average Bonchev–Trinajstić information content (AvgIpc) is 2.62. The Labute approximate surface area is 113 Å². The highest BCUT2D eigenvalue weighted by atomic mass is 16.5. The number of hydrogen-bond acceptors (Lipinski definition) is 3. The van der Waals surface area contributed by atoms with Crippen molar-refractivity contribution in [3.8, 4) is 0 Å². The molecule has 0 aromatic carbocycles. The van der Waals surface area contributed by atoms with Crippen LogP contribution in [0.1, 0.15) is 23.9 Å². The van der Waals surface area contributed by atoms with Crippen molar-refractivity contribution in [1.29, 1.82) is 0 Å². The molecule has 0 aliphatic carbocycles. The van der Waals surface area contributed by atoms with Crippen LogP contribution in [0.4, 0.5) is 0 Å². The number of carbonyl (C=O) groups is 2. The van der Waals surface area contributed by atoms with Gasteiger partial charge in [0.25, 0.3) is 0 Å². The Morgan fingerprint density at radius 3 is 2.68 bits per heavy atom. The Balaban J connectivity index is 2.79. The lowest BCUT2D eigenvalue weighted by Crippen LogP contribution is -2.25. The maximum atomic E-state index is 11.1. The molecule has 0 atom stereocenters. The van der Waals surface area contributed by atoms with E-state index in [1.54, 1.807) is 6.08 Å². The summed E-state index contributed by atoms with van der Waals surface area (Å²) in [6.45, 7) is 6.78. The number of ether oxygens (including phenoxy) is 1. The van der Waals surface area contributed by atoms with Gasteiger partial charge in [-0.25, -0.2) is 4.79 Å². The minimum atomic E-state index is -0.372. The molecule has 0 saturated heterocycles. The minimum absolute atomic E-state index is 0.0340. The van der Waals surface area contributed by atoms with Crippen LogP contribution in [0.3, 0.4) is 0 Å². The van der Waals surface area contributed by atoms with Gasteiger partial charge in [0.15, 0.2) is 0 Å². The van der Waals surface area contributed by atoms with E-state index in [0.717, 1.165) is 17.0 Å². The lowest BCUT2D eigenvalue weighted by molar-refractivity contribution is -0.134. The van der Waals surface area contributed by atoms with Crippen molar-refractivity contribution in [3.63, 3.8) is 0 Å². The monoisotopic (exact) mass is 264 g/mol. The lowest BCUT2D eigenvalue weighted by Gasteiger charge is -2.09. The van der Waals surface area contributed by atoms with Gasteiger partial charge in [-0.2, -0.15) is 0 Å². The number of nitrogens with one attached hydrogen (secondary N) is 1. The third-order valence-corrected chi connectivity index (χ3v) is 2.92. The summed E-state index contributed by atoms with van der Waals surface area (Å²) in [6.07, 6.45) is 3.14. The number of esters is 1. The molecular weight excluding hydrogens is 244 g/mol. The van der Waals surface area contributed by atoms with Crippen LogP contribution >= 0.6 is 0 Å². The number of nitrogens with zero attached hydrogens (tertiary/aromatic N) is 1. The van der Waals surface area contributed by atoms with Crippen LogP contribution in [-0.2, 0) is 20.9 Å². The second kappa shape index (κ2) is 6.78. The zero-order valence-electron chi connectivity index (χ0n) is 11.8. The number of aryl methyl sites for hydroxylation is 1. The van der Waals surface area contributed by atoms with E-state index in [-0.39, 0.29) is 11.9 Å².